The van der Waals surface area contributed by atoms with Gasteiger partial charge in [0.2, 0.25) is 0 Å². The van der Waals surface area contributed by atoms with Crippen LogP contribution in [-0.4, -0.2) is 30.9 Å². The van der Waals surface area contributed by atoms with Crippen LogP contribution in [0.3, 0.4) is 0 Å². The van der Waals surface area contributed by atoms with Gasteiger partial charge in [-0.05, 0) is 29.3 Å². The fourth-order valence-corrected chi connectivity index (χ4v) is 2.07. The van der Waals surface area contributed by atoms with E-state index < -0.39 is 0 Å². The van der Waals surface area contributed by atoms with Crippen molar-refractivity contribution in [1.29, 1.82) is 0 Å². The van der Waals surface area contributed by atoms with Gasteiger partial charge in [0.1, 0.15) is 11.9 Å². The highest BCUT2D eigenvalue weighted by Gasteiger charge is 2.27. The minimum Gasteiger partial charge on any atom is -0.489 e. The van der Waals surface area contributed by atoms with E-state index in [4.69, 9.17) is 9.84 Å². The lowest BCUT2D eigenvalue weighted by Crippen LogP contribution is -2.25. The second-order valence-corrected chi connectivity index (χ2v) is 4.74. The summed E-state index contributed by atoms with van der Waals surface area (Å²) < 4.78 is 10.3. The molecule has 1 aliphatic rings. The number of carbonyl (C=O) groups excluding carboxylic acids is 1. The van der Waals surface area contributed by atoms with E-state index in [1.165, 1.54) is 13.2 Å². The Labute approximate surface area is 112 Å². The van der Waals surface area contributed by atoms with Crippen molar-refractivity contribution in [3.8, 4) is 5.75 Å². The van der Waals surface area contributed by atoms with Gasteiger partial charge in [0, 0.05) is 25.0 Å². The van der Waals surface area contributed by atoms with Crippen molar-refractivity contribution >= 4 is 12.0 Å². The molecule has 0 aromatic heterocycles. The predicted molar refractivity (Wildman–Crippen MR) is 71.9 cm³/mol. The van der Waals surface area contributed by atoms with E-state index in [2.05, 4.69) is 4.74 Å². The molecule has 1 heterocycles. The monoisotopic (exact) mass is 262 g/mol. The number of carbonyl (C=O) groups is 1. The van der Waals surface area contributed by atoms with Gasteiger partial charge >= 0.3 is 5.97 Å². The standard InChI is InChI=1S/C15H18O4/c1-10(9-16)14-8-12-7-11(3-5-13(12)19-14)4-6-15(17)18-2/h3-7,10,14,16H,8-9H2,1-2H3/t10-,14+/m1/s1. The molecule has 0 radical (unpaired) electrons. The molecule has 102 valence electrons. The summed E-state index contributed by atoms with van der Waals surface area (Å²) in [7, 11) is 1.35. The van der Waals surface area contributed by atoms with Crippen LogP contribution >= 0.6 is 0 Å². The zero-order valence-corrected chi connectivity index (χ0v) is 11.1. The molecule has 2 rings (SSSR count). The lowest BCUT2D eigenvalue weighted by Gasteiger charge is -2.16. The van der Waals surface area contributed by atoms with Crippen LogP contribution in [0, 0.1) is 5.92 Å². The largest absolute Gasteiger partial charge is 0.489 e. The van der Waals surface area contributed by atoms with Gasteiger partial charge in [-0.3, -0.25) is 0 Å². The minimum atomic E-state index is -0.372. The van der Waals surface area contributed by atoms with Gasteiger partial charge in [-0.2, -0.15) is 0 Å². The Morgan fingerprint density at radius 2 is 2.42 bits per heavy atom. The highest BCUT2D eigenvalue weighted by atomic mass is 16.5. The van der Waals surface area contributed by atoms with Crippen molar-refractivity contribution in [2.75, 3.05) is 13.7 Å². The number of aliphatic hydroxyl groups excluding tert-OH is 1. The minimum absolute atomic E-state index is 0.0276. The Hall–Kier alpha value is -1.81. The molecule has 4 nitrogen and oxygen atoms in total. The van der Waals surface area contributed by atoms with Crippen molar-refractivity contribution in [2.24, 2.45) is 5.92 Å². The topological polar surface area (TPSA) is 55.8 Å². The number of methoxy groups -OCH3 is 1. The van der Waals surface area contributed by atoms with Crippen LogP contribution in [0.4, 0.5) is 0 Å². The van der Waals surface area contributed by atoms with E-state index in [1.54, 1.807) is 6.08 Å². The fraction of sp³-hybridized carbons (Fsp3) is 0.400. The number of ether oxygens (including phenoxy) is 2. The zero-order chi connectivity index (χ0) is 13.8. The van der Waals surface area contributed by atoms with Crippen molar-refractivity contribution in [2.45, 2.75) is 19.4 Å². The molecule has 19 heavy (non-hydrogen) atoms. The molecule has 0 spiro atoms. The van der Waals surface area contributed by atoms with Crippen LogP contribution in [0.1, 0.15) is 18.1 Å². The van der Waals surface area contributed by atoms with Crippen molar-refractivity contribution in [3.63, 3.8) is 0 Å². The maximum Gasteiger partial charge on any atom is 0.330 e. The van der Waals surface area contributed by atoms with Crippen LogP contribution in [0.2, 0.25) is 0 Å². The van der Waals surface area contributed by atoms with Gasteiger partial charge in [-0.15, -0.1) is 0 Å². The molecule has 0 bridgehead atoms. The smallest absolute Gasteiger partial charge is 0.330 e. The predicted octanol–water partition coefficient (Wildman–Crippen LogP) is 1.80. The molecule has 1 aromatic rings. The maximum absolute atomic E-state index is 11.0. The number of esters is 1. The summed E-state index contributed by atoms with van der Waals surface area (Å²) >= 11 is 0. The first kappa shape index (κ1) is 13.6. The third kappa shape index (κ3) is 3.15. The molecule has 0 saturated carbocycles. The summed E-state index contributed by atoms with van der Waals surface area (Å²) in [5.41, 5.74) is 2.04. The Morgan fingerprint density at radius 1 is 1.63 bits per heavy atom. The van der Waals surface area contributed by atoms with E-state index in [0.29, 0.717) is 0 Å². The number of hydrogen-bond donors (Lipinski definition) is 1. The number of hydrogen-bond acceptors (Lipinski definition) is 4. The summed E-state index contributed by atoms with van der Waals surface area (Å²) in [6.07, 6.45) is 3.93. The average Bonchev–Trinajstić information content (AvgIpc) is 2.86. The SMILES string of the molecule is COC(=O)C=Cc1ccc2c(c1)C[C@@H]([C@H](C)CO)O2. The summed E-state index contributed by atoms with van der Waals surface area (Å²) in [5.74, 6) is 0.602. The number of benzene rings is 1. The molecule has 4 heteroatoms. The average molecular weight is 262 g/mol. The second-order valence-electron chi connectivity index (χ2n) is 4.74. The van der Waals surface area contributed by atoms with Crippen LogP contribution in [0.5, 0.6) is 5.75 Å². The van der Waals surface area contributed by atoms with E-state index in [0.717, 1.165) is 23.3 Å². The van der Waals surface area contributed by atoms with Crippen molar-refractivity contribution in [3.05, 3.63) is 35.4 Å². The molecule has 0 fully saturated rings. The lowest BCUT2D eigenvalue weighted by atomic mass is 9.99. The summed E-state index contributed by atoms with van der Waals surface area (Å²) in [6, 6.07) is 5.79. The Kier molecular flexibility index (Phi) is 4.22. The molecular weight excluding hydrogens is 244 g/mol. The van der Waals surface area contributed by atoms with Crippen LogP contribution in [-0.2, 0) is 16.0 Å². The molecule has 1 aliphatic heterocycles. The molecule has 1 aromatic carbocycles. The third-order valence-corrected chi connectivity index (χ3v) is 3.32. The highest BCUT2D eigenvalue weighted by Crippen LogP contribution is 2.32. The Morgan fingerprint density at radius 3 is 3.11 bits per heavy atom. The second kappa shape index (κ2) is 5.89. The Balaban J connectivity index is 2.11. The van der Waals surface area contributed by atoms with Gasteiger partial charge in [-0.1, -0.05) is 13.0 Å². The van der Waals surface area contributed by atoms with Gasteiger partial charge in [0.15, 0.2) is 0 Å². The van der Waals surface area contributed by atoms with E-state index >= 15 is 0 Å². The molecule has 0 unspecified atom stereocenters. The zero-order valence-electron chi connectivity index (χ0n) is 11.1. The maximum atomic E-state index is 11.0. The molecule has 2 atom stereocenters. The van der Waals surface area contributed by atoms with Crippen LogP contribution in [0.15, 0.2) is 24.3 Å². The van der Waals surface area contributed by atoms with Crippen LogP contribution < -0.4 is 4.74 Å². The normalized spacial score (nSPS) is 19.0. The molecule has 0 aliphatic carbocycles. The molecule has 0 saturated heterocycles. The Bertz CT molecular complexity index is 493. The van der Waals surface area contributed by atoms with Crippen LogP contribution in [0.25, 0.3) is 6.08 Å². The molecule has 0 amide bonds. The van der Waals surface area contributed by atoms with Crippen molar-refractivity contribution < 1.29 is 19.4 Å². The summed E-state index contributed by atoms with van der Waals surface area (Å²) in [5, 5.41) is 9.16. The molecular formula is C15H18O4. The number of rotatable bonds is 4. The van der Waals surface area contributed by atoms with E-state index in [-0.39, 0.29) is 24.6 Å². The van der Waals surface area contributed by atoms with E-state index in [9.17, 15) is 4.79 Å². The first-order valence-corrected chi connectivity index (χ1v) is 6.30. The summed E-state index contributed by atoms with van der Waals surface area (Å²) in [4.78, 5) is 11.0. The van der Waals surface area contributed by atoms with Gasteiger partial charge < -0.3 is 14.6 Å². The van der Waals surface area contributed by atoms with Gasteiger partial charge in [0.05, 0.1) is 7.11 Å². The van der Waals surface area contributed by atoms with Gasteiger partial charge in [0.25, 0.3) is 0 Å². The molecule has 1 N–H and O–H groups in total. The first-order valence-electron chi connectivity index (χ1n) is 6.30. The number of fused-ring (bicyclic) bond motifs is 1. The fourth-order valence-electron chi connectivity index (χ4n) is 2.07. The van der Waals surface area contributed by atoms with Crippen molar-refractivity contribution in [1.82, 2.24) is 0 Å². The lowest BCUT2D eigenvalue weighted by molar-refractivity contribution is -0.134. The van der Waals surface area contributed by atoms with E-state index in [1.807, 2.05) is 25.1 Å². The first-order chi connectivity index (χ1) is 9.13. The highest BCUT2D eigenvalue weighted by molar-refractivity contribution is 5.87. The third-order valence-electron chi connectivity index (χ3n) is 3.32. The quantitative estimate of drug-likeness (QED) is 0.664. The summed E-state index contributed by atoms with van der Waals surface area (Å²) in [6.45, 7) is 2.09. The van der Waals surface area contributed by atoms with Gasteiger partial charge in [-0.25, -0.2) is 4.79 Å². The number of aliphatic hydroxyl groups is 1.